The summed E-state index contributed by atoms with van der Waals surface area (Å²) < 4.78 is 0. The van der Waals surface area contributed by atoms with Crippen molar-refractivity contribution in [1.29, 1.82) is 0 Å². The summed E-state index contributed by atoms with van der Waals surface area (Å²) in [6.45, 7) is 0.651. The van der Waals surface area contributed by atoms with Gasteiger partial charge in [0.2, 0.25) is 0 Å². The molecule has 0 aliphatic carbocycles. The maximum absolute atomic E-state index is 12.2. The molecule has 0 aliphatic rings. The Morgan fingerprint density at radius 3 is 2.50 bits per heavy atom. The van der Waals surface area contributed by atoms with Crippen LogP contribution in [0.15, 0.2) is 53.9 Å². The number of nitrogens with zero attached hydrogens (tertiary/aromatic N) is 1. The number of hydrogen-bond donors (Lipinski definition) is 1. The third-order valence-corrected chi connectivity index (χ3v) is 5.94. The lowest BCUT2D eigenvalue weighted by atomic mass is 10.2. The van der Waals surface area contributed by atoms with E-state index < -0.39 is 0 Å². The van der Waals surface area contributed by atoms with E-state index >= 15 is 0 Å². The number of amides is 1. The van der Waals surface area contributed by atoms with Gasteiger partial charge in [-0.15, -0.1) is 22.7 Å². The maximum Gasteiger partial charge on any atom is 0.251 e. The molecule has 0 unspecified atom stereocenters. The fourth-order valence-electron chi connectivity index (χ4n) is 2.38. The third-order valence-electron chi connectivity index (χ3n) is 3.73. The highest BCUT2D eigenvalue weighted by molar-refractivity contribution is 7.21. The number of carbonyl (C=O) groups excluding carboxylic acids is 1. The molecule has 1 aromatic carbocycles. The Balaban J connectivity index is 1.52. The third kappa shape index (κ3) is 4.04. The Bertz CT molecular complexity index is 789. The molecule has 2 aromatic heterocycles. The Labute approximate surface area is 150 Å². The smallest absolute Gasteiger partial charge is 0.251 e. The SMILES string of the molecule is CN(C)c1ccc(C(=O)NCCc2ccc(-c3cccs3)s2)cc1. The van der Waals surface area contributed by atoms with Gasteiger partial charge in [0, 0.05) is 46.5 Å². The molecule has 0 aliphatic heterocycles. The van der Waals surface area contributed by atoms with Crippen LogP contribution in [0, 0.1) is 0 Å². The van der Waals surface area contributed by atoms with E-state index in [0.29, 0.717) is 12.1 Å². The summed E-state index contributed by atoms with van der Waals surface area (Å²) >= 11 is 3.55. The van der Waals surface area contributed by atoms with Crippen LogP contribution in [0.3, 0.4) is 0 Å². The highest BCUT2D eigenvalue weighted by Gasteiger charge is 2.07. The lowest BCUT2D eigenvalue weighted by Gasteiger charge is -2.12. The van der Waals surface area contributed by atoms with Gasteiger partial charge in [0.15, 0.2) is 0 Å². The molecular formula is C19H20N2OS2. The Hall–Kier alpha value is -2.11. The van der Waals surface area contributed by atoms with Crippen molar-refractivity contribution in [3.8, 4) is 9.75 Å². The summed E-state index contributed by atoms with van der Waals surface area (Å²) in [4.78, 5) is 18.1. The first-order chi connectivity index (χ1) is 11.6. The van der Waals surface area contributed by atoms with Gasteiger partial charge in [-0.3, -0.25) is 4.79 Å². The zero-order valence-electron chi connectivity index (χ0n) is 13.8. The standard InChI is InChI=1S/C19H20N2OS2/c1-21(2)15-7-5-14(6-8-15)19(22)20-12-11-16-9-10-18(24-16)17-4-3-13-23-17/h3-10,13H,11-12H2,1-2H3,(H,20,22). The van der Waals surface area contributed by atoms with Crippen molar-refractivity contribution in [2.75, 3.05) is 25.5 Å². The van der Waals surface area contributed by atoms with Gasteiger partial charge in [-0.2, -0.15) is 0 Å². The summed E-state index contributed by atoms with van der Waals surface area (Å²) in [5.41, 5.74) is 1.79. The van der Waals surface area contributed by atoms with Gasteiger partial charge in [0.05, 0.1) is 0 Å². The summed E-state index contributed by atoms with van der Waals surface area (Å²) in [5, 5.41) is 5.09. The van der Waals surface area contributed by atoms with Gasteiger partial charge in [0.25, 0.3) is 5.91 Å². The Morgan fingerprint density at radius 2 is 1.83 bits per heavy atom. The van der Waals surface area contributed by atoms with E-state index in [-0.39, 0.29) is 5.91 Å². The van der Waals surface area contributed by atoms with Crippen LogP contribution >= 0.6 is 22.7 Å². The maximum atomic E-state index is 12.2. The molecule has 2 heterocycles. The number of hydrogen-bond acceptors (Lipinski definition) is 4. The molecule has 0 fully saturated rings. The summed E-state index contributed by atoms with van der Waals surface area (Å²) in [7, 11) is 3.97. The van der Waals surface area contributed by atoms with E-state index in [4.69, 9.17) is 0 Å². The van der Waals surface area contributed by atoms with Crippen LogP contribution in [0.25, 0.3) is 9.75 Å². The number of benzene rings is 1. The van der Waals surface area contributed by atoms with Crippen molar-refractivity contribution >= 4 is 34.3 Å². The second kappa shape index (κ2) is 7.64. The number of anilines is 1. The molecule has 3 aromatic rings. The molecule has 0 radical (unpaired) electrons. The van der Waals surface area contributed by atoms with E-state index in [1.54, 1.807) is 22.7 Å². The fourth-order valence-corrected chi connectivity index (χ4v) is 4.22. The Morgan fingerprint density at radius 1 is 1.04 bits per heavy atom. The van der Waals surface area contributed by atoms with Crippen LogP contribution in [0.4, 0.5) is 5.69 Å². The average molecular weight is 357 g/mol. The average Bonchev–Trinajstić information content (AvgIpc) is 3.26. The van der Waals surface area contributed by atoms with Crippen LogP contribution in [0.1, 0.15) is 15.2 Å². The van der Waals surface area contributed by atoms with Crippen molar-refractivity contribution in [3.63, 3.8) is 0 Å². The lowest BCUT2D eigenvalue weighted by Crippen LogP contribution is -2.25. The normalized spacial score (nSPS) is 10.6. The summed E-state index contributed by atoms with van der Waals surface area (Å²) in [6.07, 6.45) is 0.859. The second-order valence-electron chi connectivity index (χ2n) is 5.69. The number of thiophene rings is 2. The number of carbonyl (C=O) groups is 1. The first-order valence-corrected chi connectivity index (χ1v) is 9.51. The topological polar surface area (TPSA) is 32.3 Å². The van der Waals surface area contributed by atoms with E-state index in [2.05, 4.69) is 35.0 Å². The van der Waals surface area contributed by atoms with Gasteiger partial charge in [-0.1, -0.05) is 6.07 Å². The zero-order chi connectivity index (χ0) is 16.9. The minimum atomic E-state index is -0.0182. The molecule has 0 saturated carbocycles. The molecule has 0 atom stereocenters. The molecule has 0 spiro atoms. The predicted octanol–water partition coefficient (Wildman–Crippen LogP) is 4.52. The molecule has 3 nitrogen and oxygen atoms in total. The molecule has 0 bridgehead atoms. The monoisotopic (exact) mass is 356 g/mol. The van der Waals surface area contributed by atoms with Crippen LogP contribution in [0.5, 0.6) is 0 Å². The summed E-state index contributed by atoms with van der Waals surface area (Å²) in [6, 6.07) is 16.2. The molecule has 1 amide bonds. The molecular weight excluding hydrogens is 336 g/mol. The van der Waals surface area contributed by atoms with E-state index in [1.165, 1.54) is 14.6 Å². The van der Waals surface area contributed by atoms with Gasteiger partial charge < -0.3 is 10.2 Å². The minimum absolute atomic E-state index is 0.0182. The second-order valence-corrected chi connectivity index (χ2v) is 7.81. The van der Waals surface area contributed by atoms with Crippen molar-refractivity contribution in [3.05, 3.63) is 64.4 Å². The minimum Gasteiger partial charge on any atom is -0.378 e. The van der Waals surface area contributed by atoms with Gasteiger partial charge in [0.1, 0.15) is 0 Å². The van der Waals surface area contributed by atoms with Crippen molar-refractivity contribution < 1.29 is 4.79 Å². The quantitative estimate of drug-likeness (QED) is 0.704. The van der Waals surface area contributed by atoms with Crippen LogP contribution < -0.4 is 10.2 Å². The van der Waals surface area contributed by atoms with Crippen LogP contribution in [-0.4, -0.2) is 26.5 Å². The van der Waals surface area contributed by atoms with Gasteiger partial charge >= 0.3 is 0 Å². The molecule has 5 heteroatoms. The Kier molecular flexibility index (Phi) is 5.33. The zero-order valence-corrected chi connectivity index (χ0v) is 15.4. The molecule has 0 saturated heterocycles. The van der Waals surface area contributed by atoms with E-state index in [1.807, 2.05) is 43.3 Å². The van der Waals surface area contributed by atoms with Gasteiger partial charge in [-0.05, 0) is 54.3 Å². The fraction of sp³-hybridized carbons (Fsp3) is 0.211. The molecule has 3 rings (SSSR count). The molecule has 124 valence electrons. The molecule has 1 N–H and O–H groups in total. The van der Waals surface area contributed by atoms with Crippen LogP contribution in [-0.2, 0) is 6.42 Å². The van der Waals surface area contributed by atoms with E-state index in [0.717, 1.165) is 12.1 Å². The van der Waals surface area contributed by atoms with Gasteiger partial charge in [-0.25, -0.2) is 0 Å². The largest absolute Gasteiger partial charge is 0.378 e. The predicted molar refractivity (Wildman–Crippen MR) is 104 cm³/mol. The molecule has 24 heavy (non-hydrogen) atoms. The van der Waals surface area contributed by atoms with Crippen molar-refractivity contribution in [2.45, 2.75) is 6.42 Å². The lowest BCUT2D eigenvalue weighted by molar-refractivity contribution is 0.0954. The first-order valence-electron chi connectivity index (χ1n) is 7.81. The number of nitrogens with one attached hydrogen (secondary N) is 1. The van der Waals surface area contributed by atoms with Crippen molar-refractivity contribution in [1.82, 2.24) is 5.32 Å². The van der Waals surface area contributed by atoms with Crippen molar-refractivity contribution in [2.24, 2.45) is 0 Å². The number of rotatable bonds is 6. The first kappa shape index (κ1) is 16.7. The van der Waals surface area contributed by atoms with E-state index in [9.17, 15) is 4.79 Å². The highest BCUT2D eigenvalue weighted by atomic mass is 32.1. The van der Waals surface area contributed by atoms with Crippen LogP contribution in [0.2, 0.25) is 0 Å². The summed E-state index contributed by atoms with van der Waals surface area (Å²) in [5.74, 6) is -0.0182. The highest BCUT2D eigenvalue weighted by Crippen LogP contribution is 2.31.